The Bertz CT molecular complexity index is 1290. The van der Waals surface area contributed by atoms with Crippen LogP contribution in [0.2, 0.25) is 0 Å². The molecule has 0 saturated heterocycles. The van der Waals surface area contributed by atoms with Crippen LogP contribution < -0.4 is 0 Å². The maximum atomic E-state index is 14.0. The molecular formula is C19H12F2N6OS. The second kappa shape index (κ2) is 6.82. The van der Waals surface area contributed by atoms with Crippen LogP contribution in [0, 0.1) is 18.6 Å². The molecule has 0 unspecified atom stereocenters. The zero-order chi connectivity index (χ0) is 20.0. The normalized spacial score (nSPS) is 11.4. The number of aryl methyl sites for hydroxylation is 1. The predicted octanol–water partition coefficient (Wildman–Crippen LogP) is 4.19. The second-order valence-corrected chi connectivity index (χ2v) is 7.38. The van der Waals surface area contributed by atoms with E-state index < -0.39 is 11.6 Å². The van der Waals surface area contributed by atoms with Gasteiger partial charge in [-0.1, -0.05) is 11.2 Å². The summed E-state index contributed by atoms with van der Waals surface area (Å²) in [7, 11) is 0. The van der Waals surface area contributed by atoms with E-state index in [1.807, 2.05) is 12.3 Å². The highest BCUT2D eigenvalue weighted by atomic mass is 32.1. The second-order valence-electron chi connectivity index (χ2n) is 6.32. The Labute approximate surface area is 167 Å². The van der Waals surface area contributed by atoms with Crippen molar-refractivity contribution < 1.29 is 13.3 Å². The van der Waals surface area contributed by atoms with Gasteiger partial charge in [-0.2, -0.15) is 5.10 Å². The van der Waals surface area contributed by atoms with Crippen LogP contribution in [-0.2, 0) is 6.54 Å². The van der Waals surface area contributed by atoms with Gasteiger partial charge in [0.2, 0.25) is 0 Å². The first kappa shape index (κ1) is 17.6. The molecule has 0 aliphatic carbocycles. The van der Waals surface area contributed by atoms with Crippen molar-refractivity contribution in [3.8, 4) is 34.2 Å². The quantitative estimate of drug-likeness (QED) is 0.442. The molecule has 144 valence electrons. The number of halogens is 2. The Morgan fingerprint density at radius 1 is 1.07 bits per heavy atom. The van der Waals surface area contributed by atoms with Crippen LogP contribution in [0.5, 0.6) is 0 Å². The minimum atomic E-state index is -0.977. The van der Waals surface area contributed by atoms with Gasteiger partial charge in [-0.05, 0) is 19.1 Å². The molecule has 10 heteroatoms. The van der Waals surface area contributed by atoms with E-state index in [0.29, 0.717) is 29.4 Å². The first-order valence-electron chi connectivity index (χ1n) is 8.59. The lowest BCUT2D eigenvalue weighted by molar-refractivity contribution is 0.372. The third-order valence-electron chi connectivity index (χ3n) is 4.27. The van der Waals surface area contributed by atoms with Gasteiger partial charge < -0.3 is 4.52 Å². The molecule has 4 heterocycles. The lowest BCUT2D eigenvalue weighted by atomic mass is 10.2. The molecule has 0 spiro atoms. The average molecular weight is 410 g/mol. The van der Waals surface area contributed by atoms with E-state index in [1.54, 1.807) is 28.3 Å². The SMILES string of the molecule is Cc1nc(-c2cc(Cn3cc4nc(-c5cccc(F)c5F)nc-4cn3)on2)cs1. The molecule has 5 rings (SSSR count). The van der Waals surface area contributed by atoms with Crippen molar-refractivity contribution in [2.24, 2.45) is 0 Å². The van der Waals surface area contributed by atoms with Gasteiger partial charge in [-0.25, -0.2) is 23.7 Å². The Morgan fingerprint density at radius 2 is 1.93 bits per heavy atom. The van der Waals surface area contributed by atoms with Crippen molar-refractivity contribution >= 4 is 11.3 Å². The molecule has 7 nitrogen and oxygen atoms in total. The number of aromatic nitrogens is 6. The van der Waals surface area contributed by atoms with Crippen molar-refractivity contribution in [2.45, 2.75) is 13.5 Å². The molecule has 29 heavy (non-hydrogen) atoms. The first-order chi connectivity index (χ1) is 14.1. The highest BCUT2D eigenvalue weighted by molar-refractivity contribution is 7.09. The molecule has 2 aromatic heterocycles. The van der Waals surface area contributed by atoms with E-state index in [1.165, 1.54) is 18.3 Å². The van der Waals surface area contributed by atoms with Crippen LogP contribution >= 0.6 is 11.3 Å². The van der Waals surface area contributed by atoms with Crippen molar-refractivity contribution in [3.05, 3.63) is 64.4 Å². The van der Waals surface area contributed by atoms with Crippen molar-refractivity contribution in [3.63, 3.8) is 0 Å². The lowest BCUT2D eigenvalue weighted by Gasteiger charge is -2.03. The van der Waals surface area contributed by atoms with Gasteiger partial charge in [0.1, 0.15) is 29.3 Å². The number of benzene rings is 1. The Balaban J connectivity index is 1.43. The molecule has 3 aromatic rings. The summed E-state index contributed by atoms with van der Waals surface area (Å²) in [6, 6.07) is 5.70. The summed E-state index contributed by atoms with van der Waals surface area (Å²) in [4.78, 5) is 12.9. The molecule has 2 aliphatic heterocycles. The molecule has 0 N–H and O–H groups in total. The highest BCUT2D eigenvalue weighted by Crippen LogP contribution is 2.27. The van der Waals surface area contributed by atoms with Crippen LogP contribution in [0.15, 0.2) is 46.6 Å². The van der Waals surface area contributed by atoms with Crippen LogP contribution in [0.3, 0.4) is 0 Å². The van der Waals surface area contributed by atoms with Gasteiger partial charge in [0.15, 0.2) is 23.2 Å². The number of fused-ring (bicyclic) bond motifs is 1. The Kier molecular flexibility index (Phi) is 4.13. The van der Waals surface area contributed by atoms with E-state index in [4.69, 9.17) is 4.52 Å². The van der Waals surface area contributed by atoms with Gasteiger partial charge in [0, 0.05) is 11.4 Å². The van der Waals surface area contributed by atoms with Crippen molar-refractivity contribution in [1.82, 2.24) is 29.9 Å². The third kappa shape index (κ3) is 3.27. The number of hydrogen-bond acceptors (Lipinski definition) is 7. The van der Waals surface area contributed by atoms with Crippen LogP contribution in [0.4, 0.5) is 8.78 Å². The summed E-state index contributed by atoms with van der Waals surface area (Å²) in [5.41, 5.74) is 2.42. The fraction of sp³-hybridized carbons (Fsp3) is 0.105. The van der Waals surface area contributed by atoms with Gasteiger partial charge in [0.25, 0.3) is 0 Å². The van der Waals surface area contributed by atoms with E-state index >= 15 is 0 Å². The van der Waals surface area contributed by atoms with Gasteiger partial charge >= 0.3 is 0 Å². The van der Waals surface area contributed by atoms with E-state index in [-0.39, 0.29) is 11.4 Å². The van der Waals surface area contributed by atoms with E-state index in [0.717, 1.165) is 16.8 Å². The van der Waals surface area contributed by atoms with Crippen LogP contribution in [0.25, 0.3) is 34.2 Å². The van der Waals surface area contributed by atoms with Crippen molar-refractivity contribution in [2.75, 3.05) is 0 Å². The number of nitrogens with zero attached hydrogens (tertiary/aromatic N) is 6. The molecule has 0 amide bonds. The fourth-order valence-electron chi connectivity index (χ4n) is 2.89. The average Bonchev–Trinajstić information content (AvgIpc) is 3.43. The topological polar surface area (TPSA) is 82.5 Å². The minimum absolute atomic E-state index is 0.00572. The standard InChI is InChI=1S/C19H12F2N6OS/c1-10-23-17(9-29-10)14-5-11(28-26-14)7-27-8-16-15(6-22-27)24-19(25-16)12-3-2-4-13(20)18(12)21/h2-6,8-9H,7H2,1H3. The van der Waals surface area contributed by atoms with Gasteiger partial charge in [-0.3, -0.25) is 4.68 Å². The largest absolute Gasteiger partial charge is 0.359 e. The first-order valence-corrected chi connectivity index (χ1v) is 9.47. The maximum Gasteiger partial charge on any atom is 0.169 e. The van der Waals surface area contributed by atoms with Crippen molar-refractivity contribution in [1.29, 1.82) is 0 Å². The summed E-state index contributed by atoms with van der Waals surface area (Å²) in [6.45, 7) is 2.25. The number of hydrogen-bond donors (Lipinski definition) is 0. The highest BCUT2D eigenvalue weighted by Gasteiger charge is 2.18. The summed E-state index contributed by atoms with van der Waals surface area (Å²) in [6.07, 6.45) is 3.18. The monoisotopic (exact) mass is 410 g/mol. The molecule has 1 aromatic carbocycles. The smallest absolute Gasteiger partial charge is 0.169 e. The Morgan fingerprint density at radius 3 is 2.76 bits per heavy atom. The van der Waals surface area contributed by atoms with E-state index in [2.05, 4.69) is 25.2 Å². The number of thiazole rings is 1. The van der Waals surface area contributed by atoms with Crippen LogP contribution in [-0.4, -0.2) is 29.9 Å². The molecule has 0 fully saturated rings. The third-order valence-corrected chi connectivity index (χ3v) is 5.04. The summed E-state index contributed by atoms with van der Waals surface area (Å²) in [5.74, 6) is -1.22. The van der Waals surface area contributed by atoms with E-state index in [9.17, 15) is 8.78 Å². The molecule has 0 radical (unpaired) electrons. The molecule has 0 bridgehead atoms. The molecule has 0 atom stereocenters. The lowest BCUT2D eigenvalue weighted by Crippen LogP contribution is -2.04. The molecule has 2 aliphatic rings. The molecule has 0 saturated carbocycles. The fourth-order valence-corrected chi connectivity index (χ4v) is 3.50. The summed E-state index contributed by atoms with van der Waals surface area (Å²) in [5, 5.41) is 11.2. The zero-order valence-electron chi connectivity index (χ0n) is 15.0. The zero-order valence-corrected chi connectivity index (χ0v) is 15.8. The maximum absolute atomic E-state index is 14.0. The number of imidazole rings is 1. The minimum Gasteiger partial charge on any atom is -0.359 e. The Hall–Kier alpha value is -3.53. The predicted molar refractivity (Wildman–Crippen MR) is 101 cm³/mol. The summed E-state index contributed by atoms with van der Waals surface area (Å²) < 4.78 is 34.5. The number of rotatable bonds is 4. The molecular weight excluding hydrogens is 398 g/mol. The summed E-state index contributed by atoms with van der Waals surface area (Å²) >= 11 is 1.54. The van der Waals surface area contributed by atoms with Crippen LogP contribution in [0.1, 0.15) is 10.8 Å². The van der Waals surface area contributed by atoms with Gasteiger partial charge in [0.05, 0.1) is 23.0 Å². The van der Waals surface area contributed by atoms with Gasteiger partial charge in [-0.15, -0.1) is 11.3 Å².